The first-order valence-electron chi connectivity index (χ1n) is 6.23. The summed E-state index contributed by atoms with van der Waals surface area (Å²) in [6, 6.07) is 6.67. The second-order valence-corrected chi connectivity index (χ2v) is 4.34. The first kappa shape index (κ1) is 14.5. The number of aromatic nitrogens is 1. The molecule has 4 N–H and O–H groups in total. The van der Waals surface area contributed by atoms with E-state index in [-0.39, 0.29) is 30.8 Å². The number of nitrogens with zero attached hydrogens (tertiary/aromatic N) is 2. The Morgan fingerprint density at radius 2 is 2.19 bits per heavy atom. The normalized spacial score (nSPS) is 10.3. The highest BCUT2D eigenvalue weighted by Crippen LogP contribution is 2.13. The van der Waals surface area contributed by atoms with E-state index in [1.54, 1.807) is 24.3 Å². The Hall–Kier alpha value is -2.90. The molecule has 0 aliphatic rings. The maximum atomic E-state index is 11.9. The lowest BCUT2D eigenvalue weighted by molar-refractivity contribution is -0.118. The zero-order chi connectivity index (χ0) is 15.4. The van der Waals surface area contributed by atoms with Gasteiger partial charge in [0.25, 0.3) is 0 Å². The van der Waals surface area contributed by atoms with Crippen LogP contribution in [0.1, 0.15) is 6.42 Å². The molecule has 1 aromatic heterocycles. The number of nitrogens with two attached hydrogens (primary N) is 1. The highest BCUT2D eigenvalue weighted by molar-refractivity contribution is 5.91. The zero-order valence-electron chi connectivity index (χ0n) is 11.4. The van der Waals surface area contributed by atoms with Gasteiger partial charge in [0.2, 0.25) is 5.91 Å². The molecule has 0 unspecified atom stereocenters. The zero-order valence-corrected chi connectivity index (χ0v) is 11.4. The van der Waals surface area contributed by atoms with E-state index in [1.165, 1.54) is 7.05 Å². The van der Waals surface area contributed by atoms with E-state index in [1.807, 2.05) is 0 Å². The summed E-state index contributed by atoms with van der Waals surface area (Å²) in [5.74, 6) is -0.518. The molecule has 1 amide bonds. The van der Waals surface area contributed by atoms with Crippen molar-refractivity contribution in [3.63, 3.8) is 0 Å². The Labute approximate surface area is 120 Å². The Morgan fingerprint density at radius 1 is 1.48 bits per heavy atom. The minimum Gasteiger partial charge on any atom is -0.388 e. The molecule has 21 heavy (non-hydrogen) atoms. The van der Waals surface area contributed by atoms with Crippen LogP contribution in [-0.4, -0.2) is 30.4 Å². The van der Waals surface area contributed by atoms with Crippen LogP contribution >= 0.6 is 0 Å². The second kappa shape index (κ2) is 6.04. The molecule has 0 fully saturated rings. The number of hydrogen-bond acceptors (Lipinski definition) is 5. The molecule has 8 nitrogen and oxygen atoms in total. The predicted molar refractivity (Wildman–Crippen MR) is 78.2 cm³/mol. The van der Waals surface area contributed by atoms with Crippen molar-refractivity contribution < 1.29 is 9.21 Å². The summed E-state index contributed by atoms with van der Waals surface area (Å²) in [5.41, 5.74) is 5.04. The smallest absolute Gasteiger partial charge is 0.348 e. The molecule has 0 bridgehead atoms. The molecular weight excluding hydrogens is 274 g/mol. The van der Waals surface area contributed by atoms with Crippen LogP contribution in [0.3, 0.4) is 0 Å². The quantitative estimate of drug-likeness (QED) is 0.538. The van der Waals surface area contributed by atoms with Crippen molar-refractivity contribution in [3.05, 3.63) is 34.7 Å². The van der Waals surface area contributed by atoms with Crippen molar-refractivity contribution in [1.82, 2.24) is 10.3 Å². The lowest BCUT2D eigenvalue weighted by atomic mass is 10.2. The molecule has 2 aromatic rings. The fourth-order valence-electron chi connectivity index (χ4n) is 1.73. The number of para-hydroxylation sites is 1. The maximum Gasteiger partial charge on any atom is 0.348 e. The monoisotopic (exact) mass is 289 g/mol. The Kier molecular flexibility index (Phi) is 4.17. The molecule has 1 aromatic carbocycles. The van der Waals surface area contributed by atoms with E-state index < -0.39 is 5.63 Å². The Bertz CT molecular complexity index is 740. The second-order valence-electron chi connectivity index (χ2n) is 4.34. The molecule has 0 aliphatic heterocycles. The first-order chi connectivity index (χ1) is 9.99. The third-order valence-electron chi connectivity index (χ3n) is 2.84. The summed E-state index contributed by atoms with van der Waals surface area (Å²) in [6.45, 7) is 0.219. The minimum atomic E-state index is -0.544. The fraction of sp³-hybridized carbons (Fsp3) is 0.231. The molecule has 110 valence electrons. The van der Waals surface area contributed by atoms with Gasteiger partial charge in [-0.2, -0.15) is 4.98 Å². The van der Waals surface area contributed by atoms with Crippen LogP contribution in [0.5, 0.6) is 0 Å². The van der Waals surface area contributed by atoms with Gasteiger partial charge in [-0.3, -0.25) is 15.1 Å². The van der Waals surface area contributed by atoms with Crippen molar-refractivity contribution in [1.29, 1.82) is 5.41 Å². The molecule has 0 spiro atoms. The third-order valence-corrected chi connectivity index (χ3v) is 2.84. The predicted octanol–water partition coefficient (Wildman–Crippen LogP) is 0.0240. The average molecular weight is 289 g/mol. The minimum absolute atomic E-state index is 0.0634. The standard InChI is InChI=1S/C13H15N5O3/c1-18(10(19)6-7-16-12(14)15)13-17-9-5-3-2-4-8(9)11(20)21-13/h2-5H,6-7H2,1H3,(H4,14,15,16). The van der Waals surface area contributed by atoms with Gasteiger partial charge in [-0.15, -0.1) is 0 Å². The van der Waals surface area contributed by atoms with Crippen LogP contribution in [0.4, 0.5) is 6.01 Å². The van der Waals surface area contributed by atoms with E-state index in [0.29, 0.717) is 10.9 Å². The highest BCUT2D eigenvalue weighted by Gasteiger charge is 2.16. The van der Waals surface area contributed by atoms with Crippen molar-refractivity contribution in [2.75, 3.05) is 18.5 Å². The lowest BCUT2D eigenvalue weighted by Gasteiger charge is -2.14. The molecule has 0 saturated carbocycles. The summed E-state index contributed by atoms with van der Waals surface area (Å²) >= 11 is 0. The van der Waals surface area contributed by atoms with Gasteiger partial charge in [0, 0.05) is 20.0 Å². The van der Waals surface area contributed by atoms with E-state index in [9.17, 15) is 9.59 Å². The number of rotatable bonds is 4. The van der Waals surface area contributed by atoms with Gasteiger partial charge in [0.15, 0.2) is 5.96 Å². The number of benzene rings is 1. The molecule has 0 aliphatic carbocycles. The number of amides is 1. The summed E-state index contributed by atoms with van der Waals surface area (Å²) in [6.07, 6.45) is 0.0916. The number of fused-ring (bicyclic) bond motifs is 1. The third kappa shape index (κ3) is 3.35. The topological polar surface area (TPSA) is 125 Å². The van der Waals surface area contributed by atoms with E-state index in [4.69, 9.17) is 15.6 Å². The van der Waals surface area contributed by atoms with Gasteiger partial charge in [-0.05, 0) is 12.1 Å². The Balaban J connectivity index is 2.19. The average Bonchev–Trinajstić information content (AvgIpc) is 2.46. The molecule has 0 saturated heterocycles. The molecule has 2 rings (SSSR count). The van der Waals surface area contributed by atoms with Gasteiger partial charge in [-0.1, -0.05) is 12.1 Å². The van der Waals surface area contributed by atoms with Crippen molar-refractivity contribution in [2.45, 2.75) is 6.42 Å². The van der Waals surface area contributed by atoms with Gasteiger partial charge in [-0.25, -0.2) is 4.79 Å². The molecular formula is C13H15N5O3. The van der Waals surface area contributed by atoms with Crippen LogP contribution in [0.15, 0.2) is 33.5 Å². The largest absolute Gasteiger partial charge is 0.388 e. The Morgan fingerprint density at radius 3 is 2.90 bits per heavy atom. The number of guanidine groups is 1. The first-order valence-corrected chi connectivity index (χ1v) is 6.23. The molecule has 0 radical (unpaired) electrons. The van der Waals surface area contributed by atoms with Gasteiger partial charge >= 0.3 is 11.6 Å². The number of carbonyl (C=O) groups excluding carboxylic acids is 1. The lowest BCUT2D eigenvalue weighted by Crippen LogP contribution is -2.35. The van der Waals surface area contributed by atoms with Crippen LogP contribution in [-0.2, 0) is 4.79 Å². The summed E-state index contributed by atoms with van der Waals surface area (Å²) in [4.78, 5) is 29.1. The van der Waals surface area contributed by atoms with Crippen molar-refractivity contribution in [2.24, 2.45) is 5.73 Å². The molecule has 0 atom stereocenters. The summed E-state index contributed by atoms with van der Waals surface area (Å²) in [5, 5.41) is 9.88. The number of nitrogens with one attached hydrogen (secondary N) is 2. The van der Waals surface area contributed by atoms with Crippen LogP contribution < -0.4 is 21.6 Å². The molecule has 1 heterocycles. The fourth-order valence-corrected chi connectivity index (χ4v) is 1.73. The van der Waals surface area contributed by atoms with Crippen LogP contribution in [0, 0.1) is 5.41 Å². The highest BCUT2D eigenvalue weighted by atomic mass is 16.4. The molecule has 8 heteroatoms. The SMILES string of the molecule is CN(C(=O)CCNC(=N)N)c1nc2ccccc2c(=O)o1. The summed E-state index contributed by atoms with van der Waals surface area (Å²) < 4.78 is 5.05. The number of anilines is 1. The van der Waals surface area contributed by atoms with E-state index >= 15 is 0 Å². The van der Waals surface area contributed by atoms with Gasteiger partial charge in [0.05, 0.1) is 10.9 Å². The number of hydrogen-bond donors (Lipinski definition) is 3. The van der Waals surface area contributed by atoms with Crippen molar-refractivity contribution >= 4 is 28.8 Å². The van der Waals surface area contributed by atoms with Gasteiger partial charge < -0.3 is 15.5 Å². The number of carbonyl (C=O) groups is 1. The maximum absolute atomic E-state index is 11.9. The van der Waals surface area contributed by atoms with Crippen molar-refractivity contribution in [3.8, 4) is 0 Å². The summed E-state index contributed by atoms with van der Waals surface area (Å²) in [7, 11) is 1.47. The van der Waals surface area contributed by atoms with E-state index in [0.717, 1.165) is 4.90 Å². The van der Waals surface area contributed by atoms with Crippen LogP contribution in [0.2, 0.25) is 0 Å². The van der Waals surface area contributed by atoms with Gasteiger partial charge in [0.1, 0.15) is 0 Å². The van der Waals surface area contributed by atoms with E-state index in [2.05, 4.69) is 10.3 Å². The van der Waals surface area contributed by atoms with Crippen LogP contribution in [0.25, 0.3) is 10.9 Å².